The Balaban J connectivity index is 1.51. The van der Waals surface area contributed by atoms with Crippen molar-refractivity contribution in [1.29, 1.82) is 0 Å². The lowest BCUT2D eigenvalue weighted by Gasteiger charge is -2.32. The van der Waals surface area contributed by atoms with Gasteiger partial charge in [0.25, 0.3) is 0 Å². The van der Waals surface area contributed by atoms with E-state index in [1.807, 2.05) is 35.2 Å². The molecule has 2 N–H and O–H groups in total. The Morgan fingerprint density at radius 1 is 1.00 bits per heavy atom. The standard InChI is InChI=1S/C22H23N5O/c1-28-18-4-6-20-21(13-18)27(14-24-20)22-7-2-15-12-17(3-5-19(15)25-22)26-10-8-16(23)9-11-26/h2-7,12-14,16H,8-11,23H2,1H3. The lowest BCUT2D eigenvalue weighted by molar-refractivity contribution is 0.415. The molecule has 0 aliphatic carbocycles. The highest BCUT2D eigenvalue weighted by atomic mass is 16.5. The van der Waals surface area contributed by atoms with Crippen LogP contribution in [0.2, 0.25) is 0 Å². The average Bonchev–Trinajstić information content (AvgIpc) is 3.16. The molecule has 0 atom stereocenters. The van der Waals surface area contributed by atoms with Crippen molar-refractivity contribution < 1.29 is 4.74 Å². The van der Waals surface area contributed by atoms with Crippen molar-refractivity contribution >= 4 is 27.6 Å². The van der Waals surface area contributed by atoms with Crippen LogP contribution in [-0.4, -0.2) is 40.8 Å². The van der Waals surface area contributed by atoms with Crippen molar-refractivity contribution in [3.63, 3.8) is 0 Å². The highest BCUT2D eigenvalue weighted by Gasteiger charge is 2.16. The summed E-state index contributed by atoms with van der Waals surface area (Å²) in [4.78, 5) is 11.8. The molecule has 1 aliphatic heterocycles. The minimum absolute atomic E-state index is 0.338. The Hall–Kier alpha value is -3.12. The van der Waals surface area contributed by atoms with E-state index in [0.717, 1.165) is 59.4 Å². The van der Waals surface area contributed by atoms with E-state index in [1.54, 1.807) is 7.11 Å². The van der Waals surface area contributed by atoms with Gasteiger partial charge in [-0.25, -0.2) is 9.97 Å². The van der Waals surface area contributed by atoms with Gasteiger partial charge < -0.3 is 15.4 Å². The first-order valence-corrected chi connectivity index (χ1v) is 9.64. The van der Waals surface area contributed by atoms with Gasteiger partial charge in [0, 0.05) is 36.3 Å². The molecule has 1 aliphatic rings. The van der Waals surface area contributed by atoms with E-state index in [2.05, 4.69) is 34.1 Å². The third-order valence-electron chi connectivity index (χ3n) is 5.56. The van der Waals surface area contributed by atoms with Crippen molar-refractivity contribution in [3.05, 3.63) is 54.9 Å². The van der Waals surface area contributed by atoms with Crippen LogP contribution >= 0.6 is 0 Å². The molecule has 0 unspecified atom stereocenters. The summed E-state index contributed by atoms with van der Waals surface area (Å²) >= 11 is 0. The van der Waals surface area contributed by atoms with E-state index in [4.69, 9.17) is 15.5 Å². The minimum atomic E-state index is 0.338. The number of nitrogens with two attached hydrogens (primary N) is 1. The highest BCUT2D eigenvalue weighted by Crippen LogP contribution is 2.26. The van der Waals surface area contributed by atoms with Crippen LogP contribution < -0.4 is 15.4 Å². The SMILES string of the molecule is COc1ccc2ncn(-c3ccc4cc(N5CCC(N)CC5)ccc4n3)c2c1. The molecule has 1 saturated heterocycles. The third kappa shape index (κ3) is 2.96. The second-order valence-corrected chi connectivity index (χ2v) is 7.34. The van der Waals surface area contributed by atoms with Crippen LogP contribution in [0.1, 0.15) is 12.8 Å². The van der Waals surface area contributed by atoms with E-state index in [0.29, 0.717) is 6.04 Å². The highest BCUT2D eigenvalue weighted by molar-refractivity contribution is 5.84. The number of hydrogen-bond acceptors (Lipinski definition) is 5. The number of nitrogens with zero attached hydrogens (tertiary/aromatic N) is 4. The quantitative estimate of drug-likeness (QED) is 0.595. The summed E-state index contributed by atoms with van der Waals surface area (Å²) in [6, 6.07) is 16.8. The fourth-order valence-corrected chi connectivity index (χ4v) is 3.89. The summed E-state index contributed by atoms with van der Waals surface area (Å²) in [5, 5.41) is 1.14. The minimum Gasteiger partial charge on any atom is -0.497 e. The van der Waals surface area contributed by atoms with Crippen LogP contribution in [0.15, 0.2) is 54.9 Å². The molecule has 6 heteroatoms. The van der Waals surface area contributed by atoms with Crippen LogP contribution in [-0.2, 0) is 0 Å². The lowest BCUT2D eigenvalue weighted by Crippen LogP contribution is -2.39. The van der Waals surface area contributed by atoms with Gasteiger partial charge in [0.1, 0.15) is 17.9 Å². The zero-order valence-electron chi connectivity index (χ0n) is 15.9. The van der Waals surface area contributed by atoms with Crippen molar-refractivity contribution in [2.24, 2.45) is 5.73 Å². The summed E-state index contributed by atoms with van der Waals surface area (Å²) in [6.07, 6.45) is 3.91. The average molecular weight is 373 g/mol. The van der Waals surface area contributed by atoms with Gasteiger partial charge in [0.2, 0.25) is 0 Å². The number of hydrogen-bond donors (Lipinski definition) is 1. The molecule has 0 saturated carbocycles. The Morgan fingerprint density at radius 2 is 1.82 bits per heavy atom. The number of aromatic nitrogens is 3. The fraction of sp³-hybridized carbons (Fsp3) is 0.273. The molecular weight excluding hydrogens is 350 g/mol. The van der Waals surface area contributed by atoms with Crippen LogP contribution in [0.5, 0.6) is 5.75 Å². The van der Waals surface area contributed by atoms with Gasteiger partial charge in [0.15, 0.2) is 0 Å². The van der Waals surface area contributed by atoms with Gasteiger partial charge in [-0.05, 0) is 55.3 Å². The smallest absolute Gasteiger partial charge is 0.139 e. The summed E-state index contributed by atoms with van der Waals surface area (Å²) in [7, 11) is 1.67. The van der Waals surface area contributed by atoms with Crippen molar-refractivity contribution in [1.82, 2.24) is 14.5 Å². The maximum Gasteiger partial charge on any atom is 0.139 e. The number of benzene rings is 2. The van der Waals surface area contributed by atoms with E-state index >= 15 is 0 Å². The molecular formula is C22H23N5O. The molecule has 3 heterocycles. The van der Waals surface area contributed by atoms with Gasteiger partial charge in [-0.15, -0.1) is 0 Å². The second-order valence-electron chi connectivity index (χ2n) is 7.34. The van der Waals surface area contributed by atoms with Crippen LogP contribution in [0.3, 0.4) is 0 Å². The number of ether oxygens (including phenoxy) is 1. The van der Waals surface area contributed by atoms with Crippen LogP contribution in [0, 0.1) is 0 Å². The zero-order chi connectivity index (χ0) is 19.1. The topological polar surface area (TPSA) is 69.2 Å². The lowest BCUT2D eigenvalue weighted by atomic mass is 10.0. The Labute approximate surface area is 163 Å². The summed E-state index contributed by atoms with van der Waals surface area (Å²) < 4.78 is 7.35. The van der Waals surface area contributed by atoms with E-state index < -0.39 is 0 Å². The van der Waals surface area contributed by atoms with Crippen molar-refractivity contribution in [2.75, 3.05) is 25.1 Å². The van der Waals surface area contributed by atoms with Gasteiger partial charge in [-0.2, -0.15) is 0 Å². The Bertz CT molecular complexity index is 1140. The molecule has 4 aromatic rings. The zero-order valence-corrected chi connectivity index (χ0v) is 15.9. The van der Waals surface area contributed by atoms with Gasteiger partial charge >= 0.3 is 0 Å². The largest absolute Gasteiger partial charge is 0.497 e. The molecule has 28 heavy (non-hydrogen) atoms. The Morgan fingerprint density at radius 3 is 2.64 bits per heavy atom. The normalized spacial score (nSPS) is 15.4. The van der Waals surface area contributed by atoms with Gasteiger partial charge in [-0.1, -0.05) is 0 Å². The maximum absolute atomic E-state index is 6.03. The van der Waals surface area contributed by atoms with Crippen LogP contribution in [0.25, 0.3) is 27.8 Å². The number of anilines is 1. The maximum atomic E-state index is 6.03. The third-order valence-corrected chi connectivity index (χ3v) is 5.56. The van der Waals surface area contributed by atoms with E-state index in [9.17, 15) is 0 Å². The Kier molecular flexibility index (Phi) is 4.13. The van der Waals surface area contributed by atoms with E-state index in [-0.39, 0.29) is 0 Å². The first-order valence-electron chi connectivity index (χ1n) is 9.64. The van der Waals surface area contributed by atoms with Crippen LogP contribution in [0.4, 0.5) is 5.69 Å². The van der Waals surface area contributed by atoms with Gasteiger partial charge in [0.05, 0.1) is 23.7 Å². The predicted octanol–water partition coefficient (Wildman–Crippen LogP) is 3.51. The number of imidazole rings is 1. The first kappa shape index (κ1) is 17.0. The summed E-state index contributed by atoms with van der Waals surface area (Å²) in [5.74, 6) is 1.65. The molecule has 0 radical (unpaired) electrons. The number of pyridine rings is 1. The fourth-order valence-electron chi connectivity index (χ4n) is 3.89. The predicted molar refractivity (Wildman–Crippen MR) is 112 cm³/mol. The number of rotatable bonds is 3. The number of methoxy groups -OCH3 is 1. The molecule has 0 spiro atoms. The molecule has 142 valence electrons. The summed E-state index contributed by atoms with van der Waals surface area (Å²) in [5.41, 5.74) is 10.1. The van der Waals surface area contributed by atoms with Crippen molar-refractivity contribution in [3.8, 4) is 11.6 Å². The van der Waals surface area contributed by atoms with Gasteiger partial charge in [-0.3, -0.25) is 4.57 Å². The van der Waals surface area contributed by atoms with E-state index in [1.165, 1.54) is 5.69 Å². The molecule has 0 bridgehead atoms. The number of piperidine rings is 1. The molecule has 1 fully saturated rings. The monoisotopic (exact) mass is 373 g/mol. The molecule has 5 rings (SSSR count). The first-order chi connectivity index (χ1) is 13.7. The molecule has 2 aromatic carbocycles. The van der Waals surface area contributed by atoms with Crippen molar-refractivity contribution in [2.45, 2.75) is 18.9 Å². The second kappa shape index (κ2) is 6.80. The molecule has 0 amide bonds. The summed E-state index contributed by atoms with van der Waals surface area (Å²) in [6.45, 7) is 2.03. The number of fused-ring (bicyclic) bond motifs is 2. The molecule has 2 aromatic heterocycles. The molecule has 6 nitrogen and oxygen atoms in total.